The summed E-state index contributed by atoms with van der Waals surface area (Å²) in [4.78, 5) is 13.1. The molecule has 0 radical (unpaired) electrons. The highest BCUT2D eigenvalue weighted by Crippen LogP contribution is 2.20. The van der Waals surface area contributed by atoms with Gasteiger partial charge in [-0.15, -0.1) is 11.6 Å². The van der Waals surface area contributed by atoms with Gasteiger partial charge < -0.3 is 4.90 Å². The number of rotatable bonds is 2. The fraction of sp³-hybridized carbons (Fsp3) is 0.875. The molecule has 0 aromatic heterocycles. The van der Waals surface area contributed by atoms with Crippen LogP contribution in [-0.2, 0) is 4.79 Å². The Balaban J connectivity index is 2.40. The summed E-state index contributed by atoms with van der Waals surface area (Å²) >= 11 is 7.44. The first-order chi connectivity index (χ1) is 5.77. The predicted octanol–water partition coefficient (Wildman–Crippen LogP) is 1.58. The lowest BCUT2D eigenvalue weighted by Gasteiger charge is -2.31. The molecule has 4 heteroatoms. The highest BCUT2D eigenvalue weighted by Gasteiger charge is 2.21. The van der Waals surface area contributed by atoms with Gasteiger partial charge in [0.2, 0.25) is 5.91 Å². The number of hydrogen-bond donors (Lipinski definition) is 0. The molecule has 0 N–H and O–H groups in total. The van der Waals surface area contributed by atoms with Crippen LogP contribution in [0.4, 0.5) is 0 Å². The summed E-state index contributed by atoms with van der Waals surface area (Å²) in [7, 11) is 0. The van der Waals surface area contributed by atoms with E-state index in [-0.39, 0.29) is 11.8 Å². The van der Waals surface area contributed by atoms with Crippen molar-refractivity contribution < 1.29 is 4.79 Å². The van der Waals surface area contributed by atoms with Gasteiger partial charge in [0.1, 0.15) is 5.88 Å². The zero-order valence-electron chi connectivity index (χ0n) is 7.25. The van der Waals surface area contributed by atoms with Crippen molar-refractivity contribution in [1.29, 1.82) is 0 Å². The topological polar surface area (TPSA) is 20.3 Å². The Bertz CT molecular complexity index is 165. The Morgan fingerprint density at radius 2 is 2.50 bits per heavy atom. The van der Waals surface area contributed by atoms with Gasteiger partial charge in [-0.05, 0) is 6.42 Å². The van der Waals surface area contributed by atoms with E-state index in [2.05, 4.69) is 6.92 Å². The second-order valence-electron chi connectivity index (χ2n) is 2.87. The SMILES string of the molecule is CCC1CN(C(=O)CCl)CCS1. The van der Waals surface area contributed by atoms with Crippen LogP contribution in [0.2, 0.25) is 0 Å². The van der Waals surface area contributed by atoms with Gasteiger partial charge in [-0.2, -0.15) is 11.8 Å². The van der Waals surface area contributed by atoms with E-state index in [0.717, 1.165) is 25.3 Å². The molecule has 1 heterocycles. The van der Waals surface area contributed by atoms with Crippen molar-refractivity contribution in [3.8, 4) is 0 Å². The van der Waals surface area contributed by atoms with Crippen molar-refractivity contribution in [3.63, 3.8) is 0 Å². The summed E-state index contributed by atoms with van der Waals surface area (Å²) in [5.41, 5.74) is 0. The van der Waals surface area contributed by atoms with Crippen molar-refractivity contribution in [3.05, 3.63) is 0 Å². The first-order valence-corrected chi connectivity index (χ1v) is 5.81. The maximum atomic E-state index is 11.2. The number of hydrogen-bond acceptors (Lipinski definition) is 2. The molecule has 0 spiro atoms. The van der Waals surface area contributed by atoms with Crippen LogP contribution >= 0.6 is 23.4 Å². The molecule has 0 bridgehead atoms. The maximum Gasteiger partial charge on any atom is 0.237 e. The third-order valence-electron chi connectivity index (χ3n) is 2.06. The molecule has 1 rings (SSSR count). The third-order valence-corrected chi connectivity index (χ3v) is 3.66. The van der Waals surface area contributed by atoms with Crippen molar-refractivity contribution in [2.75, 3.05) is 24.7 Å². The summed E-state index contributed by atoms with van der Waals surface area (Å²) in [5, 5.41) is 0.617. The van der Waals surface area contributed by atoms with Crippen molar-refractivity contribution in [1.82, 2.24) is 4.90 Å². The number of carbonyl (C=O) groups excluding carboxylic acids is 1. The molecule has 12 heavy (non-hydrogen) atoms. The summed E-state index contributed by atoms with van der Waals surface area (Å²) in [5.74, 6) is 1.26. The summed E-state index contributed by atoms with van der Waals surface area (Å²) < 4.78 is 0. The highest BCUT2D eigenvalue weighted by atomic mass is 35.5. The van der Waals surface area contributed by atoms with Gasteiger partial charge >= 0.3 is 0 Å². The van der Waals surface area contributed by atoms with E-state index in [4.69, 9.17) is 11.6 Å². The minimum atomic E-state index is 0.0791. The molecule has 0 saturated carbocycles. The van der Waals surface area contributed by atoms with Crippen molar-refractivity contribution >= 4 is 29.3 Å². The maximum absolute atomic E-state index is 11.2. The lowest BCUT2D eigenvalue weighted by atomic mass is 10.3. The monoisotopic (exact) mass is 207 g/mol. The number of amides is 1. The van der Waals surface area contributed by atoms with Crippen molar-refractivity contribution in [2.45, 2.75) is 18.6 Å². The number of carbonyl (C=O) groups is 1. The molecule has 2 nitrogen and oxygen atoms in total. The number of halogens is 1. The minimum absolute atomic E-state index is 0.0791. The van der Waals surface area contributed by atoms with E-state index in [0.29, 0.717) is 5.25 Å². The summed E-state index contributed by atoms with van der Waals surface area (Å²) in [6.45, 7) is 3.91. The molecule has 1 fully saturated rings. The fourth-order valence-electron chi connectivity index (χ4n) is 1.28. The van der Waals surface area contributed by atoms with E-state index >= 15 is 0 Å². The van der Waals surface area contributed by atoms with Crippen LogP contribution in [0.25, 0.3) is 0 Å². The van der Waals surface area contributed by atoms with Crippen LogP contribution in [-0.4, -0.2) is 40.8 Å². The molecule has 70 valence electrons. The fourth-order valence-corrected chi connectivity index (χ4v) is 2.63. The van der Waals surface area contributed by atoms with Crippen LogP contribution in [0.1, 0.15) is 13.3 Å². The molecular weight excluding hydrogens is 194 g/mol. The van der Waals surface area contributed by atoms with Gasteiger partial charge in [0.15, 0.2) is 0 Å². The number of alkyl halides is 1. The van der Waals surface area contributed by atoms with E-state index in [9.17, 15) is 4.79 Å². The normalized spacial score (nSPS) is 24.2. The number of thioether (sulfide) groups is 1. The Hall–Kier alpha value is 0.110. The zero-order valence-corrected chi connectivity index (χ0v) is 8.83. The molecule has 0 aromatic rings. The average Bonchev–Trinajstić information content (AvgIpc) is 2.17. The Kier molecular flexibility index (Phi) is 4.22. The molecule has 1 aliphatic heterocycles. The lowest BCUT2D eigenvalue weighted by Crippen LogP contribution is -2.42. The largest absolute Gasteiger partial charge is 0.340 e. The van der Waals surface area contributed by atoms with Gasteiger partial charge in [-0.1, -0.05) is 6.92 Å². The van der Waals surface area contributed by atoms with E-state index in [1.165, 1.54) is 0 Å². The Labute approximate surface area is 82.6 Å². The average molecular weight is 208 g/mol. The second kappa shape index (κ2) is 4.97. The van der Waals surface area contributed by atoms with Gasteiger partial charge in [-0.25, -0.2) is 0 Å². The first-order valence-electron chi connectivity index (χ1n) is 4.23. The molecule has 0 aromatic carbocycles. The Morgan fingerprint density at radius 3 is 3.08 bits per heavy atom. The molecule has 0 aliphatic carbocycles. The third kappa shape index (κ3) is 2.56. The van der Waals surface area contributed by atoms with Crippen LogP contribution in [0.5, 0.6) is 0 Å². The van der Waals surface area contributed by atoms with E-state index in [1.807, 2.05) is 16.7 Å². The van der Waals surface area contributed by atoms with Crippen LogP contribution in [0.3, 0.4) is 0 Å². The summed E-state index contributed by atoms with van der Waals surface area (Å²) in [6.07, 6.45) is 1.14. The second-order valence-corrected chi connectivity index (χ2v) is 4.55. The molecular formula is C8H14ClNOS. The van der Waals surface area contributed by atoms with Crippen molar-refractivity contribution in [2.24, 2.45) is 0 Å². The zero-order chi connectivity index (χ0) is 8.97. The van der Waals surface area contributed by atoms with Gasteiger partial charge in [-0.3, -0.25) is 4.79 Å². The van der Waals surface area contributed by atoms with Gasteiger partial charge in [0.05, 0.1) is 0 Å². The molecule has 1 amide bonds. The molecule has 1 atom stereocenters. The first kappa shape index (κ1) is 10.2. The van der Waals surface area contributed by atoms with Crippen LogP contribution < -0.4 is 0 Å². The Morgan fingerprint density at radius 1 is 1.75 bits per heavy atom. The summed E-state index contributed by atoms with van der Waals surface area (Å²) in [6, 6.07) is 0. The van der Waals surface area contributed by atoms with Gasteiger partial charge in [0.25, 0.3) is 0 Å². The van der Waals surface area contributed by atoms with Crippen LogP contribution in [0.15, 0.2) is 0 Å². The van der Waals surface area contributed by atoms with Gasteiger partial charge in [0, 0.05) is 24.1 Å². The highest BCUT2D eigenvalue weighted by molar-refractivity contribution is 8.00. The smallest absolute Gasteiger partial charge is 0.237 e. The van der Waals surface area contributed by atoms with E-state index in [1.54, 1.807) is 0 Å². The lowest BCUT2D eigenvalue weighted by molar-refractivity contribution is -0.128. The predicted molar refractivity (Wildman–Crippen MR) is 53.8 cm³/mol. The quantitative estimate of drug-likeness (QED) is 0.641. The molecule has 1 unspecified atom stereocenters. The molecule has 1 saturated heterocycles. The van der Waals surface area contributed by atoms with E-state index < -0.39 is 0 Å². The minimum Gasteiger partial charge on any atom is -0.340 e. The molecule has 1 aliphatic rings. The number of nitrogens with zero attached hydrogens (tertiary/aromatic N) is 1. The standard InChI is InChI=1S/C8H14ClNOS/c1-2-7-6-10(3-4-12-7)8(11)5-9/h7H,2-6H2,1H3. The van der Waals surface area contributed by atoms with Crippen LogP contribution in [0, 0.1) is 0 Å².